The molecule has 1 aromatic carbocycles. The molecule has 6 nitrogen and oxygen atoms in total. The number of aromatic nitrogens is 1. The molecule has 152 valence electrons. The second-order valence-electron chi connectivity index (χ2n) is 7.20. The molecule has 0 bridgehead atoms. The predicted molar refractivity (Wildman–Crippen MR) is 111 cm³/mol. The van der Waals surface area contributed by atoms with Crippen molar-refractivity contribution in [2.75, 3.05) is 7.11 Å². The number of nitrogens with zero attached hydrogens (tertiary/aromatic N) is 1. The molecule has 1 N–H and O–H groups in total. The predicted octanol–water partition coefficient (Wildman–Crippen LogP) is 3.03. The highest BCUT2D eigenvalue weighted by molar-refractivity contribution is 7.10. The number of rotatable bonds is 6. The molecular weight excluding hydrogens is 400 g/mol. The topological polar surface area (TPSA) is 77.8 Å². The number of Topliss-reactive ketones (excluding diaryl/α,β-unsaturated/α-hetero) is 2. The zero-order valence-electron chi connectivity index (χ0n) is 16.6. The first-order chi connectivity index (χ1) is 14.5. The minimum atomic E-state index is -1.07. The Kier molecular flexibility index (Phi) is 5.46. The first kappa shape index (κ1) is 20.0. The van der Waals surface area contributed by atoms with E-state index in [-0.39, 0.29) is 12.3 Å². The van der Waals surface area contributed by atoms with E-state index in [1.807, 2.05) is 36.6 Å². The summed E-state index contributed by atoms with van der Waals surface area (Å²) in [5.41, 5.74) is 2.05. The molecule has 2 aromatic heterocycles. The van der Waals surface area contributed by atoms with Crippen LogP contribution in [0, 0.1) is 12.8 Å². The van der Waals surface area contributed by atoms with Gasteiger partial charge >= 0.3 is 0 Å². The largest absolute Gasteiger partial charge is 0.496 e. The number of ketones is 2. The van der Waals surface area contributed by atoms with Crippen LogP contribution in [0.25, 0.3) is 0 Å². The second kappa shape index (κ2) is 8.20. The van der Waals surface area contributed by atoms with Gasteiger partial charge in [0, 0.05) is 22.1 Å². The Morgan fingerprint density at radius 3 is 2.67 bits per heavy atom. The van der Waals surface area contributed by atoms with Crippen LogP contribution in [0.2, 0.25) is 0 Å². The number of hydrogen-bond donors (Lipinski definition) is 0. The number of amides is 1. The van der Waals surface area contributed by atoms with Crippen LogP contribution in [0.5, 0.6) is 5.75 Å². The lowest BCUT2D eigenvalue weighted by Gasteiger charge is -2.25. The number of nitrogens with one attached hydrogen (secondary N) is 1. The monoisotopic (exact) mass is 421 g/mol. The van der Waals surface area contributed by atoms with Gasteiger partial charge in [0.25, 0.3) is 5.91 Å². The lowest BCUT2D eigenvalue weighted by atomic mass is 9.88. The van der Waals surface area contributed by atoms with Crippen LogP contribution in [0.3, 0.4) is 0 Å². The van der Waals surface area contributed by atoms with Crippen molar-refractivity contribution >= 4 is 28.8 Å². The van der Waals surface area contributed by atoms with Crippen LogP contribution < -0.4 is 9.72 Å². The molecule has 0 spiro atoms. The van der Waals surface area contributed by atoms with E-state index in [9.17, 15) is 14.4 Å². The van der Waals surface area contributed by atoms with Crippen LogP contribution in [0.1, 0.15) is 32.4 Å². The molecule has 0 radical (unpaired) electrons. The van der Waals surface area contributed by atoms with E-state index in [1.165, 1.54) is 16.2 Å². The minimum absolute atomic E-state index is 0.246. The summed E-state index contributed by atoms with van der Waals surface area (Å²) in [7, 11) is 1.56. The van der Waals surface area contributed by atoms with Crippen LogP contribution in [-0.4, -0.2) is 29.5 Å². The average Bonchev–Trinajstić information content (AvgIpc) is 3.37. The number of methoxy groups -OCH3 is 1. The van der Waals surface area contributed by atoms with Gasteiger partial charge in [-0.05, 0) is 48.2 Å². The summed E-state index contributed by atoms with van der Waals surface area (Å²) in [5, 5.41) is 1.89. The van der Waals surface area contributed by atoms with Gasteiger partial charge in [0.15, 0.2) is 18.2 Å². The Labute approximate surface area is 178 Å². The summed E-state index contributed by atoms with van der Waals surface area (Å²) >= 11 is 1.44. The quantitative estimate of drug-likeness (QED) is 0.348. The number of benzene rings is 1. The maximum Gasteiger partial charge on any atom is 0.291 e. The number of likely N-dealkylation sites (tertiary alicyclic amines) is 1. The summed E-state index contributed by atoms with van der Waals surface area (Å²) in [5.74, 6) is -2.04. The molecule has 4 rings (SSSR count). The van der Waals surface area contributed by atoms with Gasteiger partial charge in [0.05, 0.1) is 19.7 Å². The number of carbonyl (C=O) groups excluding carboxylic acids is 3. The van der Waals surface area contributed by atoms with Gasteiger partial charge in [0.1, 0.15) is 11.7 Å². The zero-order valence-corrected chi connectivity index (χ0v) is 17.4. The molecule has 1 aliphatic rings. The third-order valence-electron chi connectivity index (χ3n) is 5.33. The van der Waals surface area contributed by atoms with Crippen molar-refractivity contribution < 1.29 is 24.1 Å². The molecule has 1 saturated heterocycles. The molecule has 1 amide bonds. The molecule has 3 heterocycles. The maximum atomic E-state index is 13.4. The third kappa shape index (κ3) is 3.52. The van der Waals surface area contributed by atoms with Gasteiger partial charge in [-0.25, -0.2) is 4.98 Å². The standard InChI is InChI=1S/C23H20N2O4S/c1-14-11-16(7-8-17(14)29-2)21(26)19-20(18-6-4-10-30-18)25(23(28)22(19)27)13-15-5-3-9-24-12-15/h3-12,19-20H,13H2,1-2H3/p+1. The third-order valence-corrected chi connectivity index (χ3v) is 6.27. The van der Waals surface area contributed by atoms with Crippen LogP contribution >= 0.6 is 11.3 Å². The lowest BCUT2D eigenvalue weighted by Crippen LogP contribution is -2.30. The van der Waals surface area contributed by atoms with Crippen LogP contribution in [0.4, 0.5) is 0 Å². The number of ether oxygens (including phenoxy) is 1. The van der Waals surface area contributed by atoms with E-state index in [0.29, 0.717) is 11.3 Å². The van der Waals surface area contributed by atoms with Gasteiger partial charge in [-0.15, -0.1) is 11.3 Å². The molecule has 7 heteroatoms. The molecular formula is C23H21N2O4S+. The van der Waals surface area contributed by atoms with Crippen molar-refractivity contribution in [2.24, 2.45) is 5.92 Å². The summed E-state index contributed by atoms with van der Waals surface area (Å²) < 4.78 is 5.26. The molecule has 0 saturated carbocycles. The first-order valence-corrected chi connectivity index (χ1v) is 10.4. The van der Waals surface area contributed by atoms with Gasteiger partial charge in [-0.1, -0.05) is 6.07 Å². The van der Waals surface area contributed by atoms with E-state index >= 15 is 0 Å². The van der Waals surface area contributed by atoms with Crippen molar-refractivity contribution in [1.29, 1.82) is 0 Å². The molecule has 1 fully saturated rings. The first-order valence-electron chi connectivity index (χ1n) is 9.53. The second-order valence-corrected chi connectivity index (χ2v) is 8.17. The number of carbonyl (C=O) groups is 3. The number of H-pyrrole nitrogens is 1. The smallest absolute Gasteiger partial charge is 0.291 e. The highest BCUT2D eigenvalue weighted by atomic mass is 32.1. The SMILES string of the molecule is COc1ccc(C(=O)C2C(=O)C(=O)N(Cc3ccc[nH+]c3)C2c2cccs2)cc1C. The molecule has 1 aliphatic heterocycles. The summed E-state index contributed by atoms with van der Waals surface area (Å²) in [6, 6.07) is 11.9. The van der Waals surface area contributed by atoms with Crippen molar-refractivity contribution in [1.82, 2.24) is 4.90 Å². The minimum Gasteiger partial charge on any atom is -0.496 e. The van der Waals surface area contributed by atoms with Gasteiger partial charge in [-0.3, -0.25) is 14.4 Å². The molecule has 0 aliphatic carbocycles. The zero-order chi connectivity index (χ0) is 21.3. The van der Waals surface area contributed by atoms with Crippen molar-refractivity contribution in [3.05, 3.63) is 81.8 Å². The maximum absolute atomic E-state index is 13.4. The van der Waals surface area contributed by atoms with E-state index in [4.69, 9.17) is 4.74 Å². The van der Waals surface area contributed by atoms with Crippen molar-refractivity contribution in [3.63, 3.8) is 0 Å². The van der Waals surface area contributed by atoms with Gasteiger partial charge in [0.2, 0.25) is 5.78 Å². The Hall–Kier alpha value is -3.32. The van der Waals surface area contributed by atoms with Crippen molar-refractivity contribution in [2.45, 2.75) is 19.5 Å². The average molecular weight is 421 g/mol. The fourth-order valence-electron chi connectivity index (χ4n) is 3.87. The van der Waals surface area contributed by atoms with Gasteiger partial charge < -0.3 is 9.64 Å². The summed E-state index contributed by atoms with van der Waals surface area (Å²) in [4.78, 5) is 44.7. The van der Waals surface area contributed by atoms with Gasteiger partial charge in [-0.2, -0.15) is 0 Å². The highest BCUT2D eigenvalue weighted by Gasteiger charge is 2.52. The summed E-state index contributed by atoms with van der Waals surface area (Å²) in [6.45, 7) is 2.09. The Balaban J connectivity index is 1.74. The Morgan fingerprint density at radius 2 is 2.03 bits per heavy atom. The van der Waals surface area contributed by atoms with Crippen LogP contribution in [-0.2, 0) is 16.1 Å². The van der Waals surface area contributed by atoms with E-state index < -0.39 is 23.7 Å². The Bertz CT molecular complexity index is 1100. The molecule has 3 aromatic rings. The molecule has 30 heavy (non-hydrogen) atoms. The van der Waals surface area contributed by atoms with E-state index in [0.717, 1.165) is 16.0 Å². The number of thiophene rings is 1. The lowest BCUT2D eigenvalue weighted by molar-refractivity contribution is -0.378. The van der Waals surface area contributed by atoms with E-state index in [1.54, 1.807) is 37.7 Å². The Morgan fingerprint density at radius 1 is 1.20 bits per heavy atom. The van der Waals surface area contributed by atoms with E-state index in [2.05, 4.69) is 4.98 Å². The fraction of sp³-hybridized carbons (Fsp3) is 0.217. The number of aryl methyl sites for hydroxylation is 1. The number of hydrogen-bond acceptors (Lipinski definition) is 5. The van der Waals surface area contributed by atoms with Crippen LogP contribution in [0.15, 0.2) is 60.2 Å². The highest BCUT2D eigenvalue weighted by Crippen LogP contribution is 2.41. The summed E-state index contributed by atoms with van der Waals surface area (Å²) in [6.07, 6.45) is 3.56. The normalized spacial score (nSPS) is 18.7. The number of pyridine rings is 1. The molecule has 2 atom stereocenters. The fourth-order valence-corrected chi connectivity index (χ4v) is 4.75. The van der Waals surface area contributed by atoms with Crippen molar-refractivity contribution in [3.8, 4) is 5.75 Å². The molecule has 2 unspecified atom stereocenters. The number of aromatic amines is 1.